The van der Waals surface area contributed by atoms with Gasteiger partial charge < -0.3 is 25.8 Å². The van der Waals surface area contributed by atoms with Gasteiger partial charge in [0.1, 0.15) is 12.0 Å². The zero-order chi connectivity index (χ0) is 20.8. The summed E-state index contributed by atoms with van der Waals surface area (Å²) in [5.41, 5.74) is 8.02. The smallest absolute Gasteiger partial charge is 0.337 e. The van der Waals surface area contributed by atoms with Crippen LogP contribution in [0.3, 0.4) is 0 Å². The van der Waals surface area contributed by atoms with Gasteiger partial charge in [0, 0.05) is 11.4 Å². The number of benzene rings is 2. The fourth-order valence-corrected chi connectivity index (χ4v) is 2.56. The number of hydrogen-bond acceptors (Lipinski definition) is 9. The standard InChI is InChI=1S/C20H19N5O4/c1-28-19(26)12-8-13(20(27)29-2)10-15(9-12)25-18-16(21)17(22-11-23-18)24-14-6-4-3-5-7-14/h3-11H,21H2,1-2H3,(H2,22,23,24,25). The van der Waals surface area contributed by atoms with Crippen molar-refractivity contribution in [3.63, 3.8) is 0 Å². The lowest BCUT2D eigenvalue weighted by Crippen LogP contribution is -2.09. The number of nitrogen functional groups attached to an aromatic ring is 1. The average molecular weight is 393 g/mol. The summed E-state index contributed by atoms with van der Waals surface area (Å²) in [6, 6.07) is 13.8. The first-order valence-corrected chi connectivity index (χ1v) is 8.53. The van der Waals surface area contributed by atoms with Gasteiger partial charge in [-0.15, -0.1) is 0 Å². The molecule has 0 aliphatic heterocycles. The van der Waals surface area contributed by atoms with Crippen LogP contribution >= 0.6 is 0 Å². The third-order valence-corrected chi connectivity index (χ3v) is 3.96. The van der Waals surface area contributed by atoms with Crippen molar-refractivity contribution in [2.24, 2.45) is 0 Å². The van der Waals surface area contributed by atoms with E-state index >= 15 is 0 Å². The van der Waals surface area contributed by atoms with Crippen LogP contribution in [0, 0.1) is 0 Å². The second kappa shape index (κ2) is 8.70. The third kappa shape index (κ3) is 4.59. The third-order valence-electron chi connectivity index (χ3n) is 3.96. The molecule has 0 aliphatic rings. The minimum Gasteiger partial charge on any atom is -0.465 e. The van der Waals surface area contributed by atoms with Crippen LogP contribution in [0.15, 0.2) is 54.9 Å². The molecule has 3 rings (SSSR count). The van der Waals surface area contributed by atoms with Gasteiger partial charge in [-0.05, 0) is 30.3 Å². The Labute approximate surface area is 166 Å². The quantitative estimate of drug-likeness (QED) is 0.541. The van der Waals surface area contributed by atoms with Crippen LogP contribution in [-0.4, -0.2) is 36.1 Å². The molecule has 0 aliphatic carbocycles. The summed E-state index contributed by atoms with van der Waals surface area (Å²) >= 11 is 0. The molecule has 0 saturated heterocycles. The van der Waals surface area contributed by atoms with Gasteiger partial charge in [0.25, 0.3) is 0 Å². The predicted molar refractivity (Wildman–Crippen MR) is 109 cm³/mol. The summed E-state index contributed by atoms with van der Waals surface area (Å²) in [5, 5.41) is 6.12. The number of aromatic nitrogens is 2. The molecule has 3 aromatic rings. The van der Waals surface area contributed by atoms with Gasteiger partial charge in [-0.1, -0.05) is 18.2 Å². The molecule has 29 heavy (non-hydrogen) atoms. The monoisotopic (exact) mass is 393 g/mol. The van der Waals surface area contributed by atoms with Crippen LogP contribution in [0.5, 0.6) is 0 Å². The number of rotatable bonds is 6. The molecule has 4 N–H and O–H groups in total. The summed E-state index contributed by atoms with van der Waals surface area (Å²) < 4.78 is 9.48. The van der Waals surface area contributed by atoms with Crippen molar-refractivity contribution in [1.82, 2.24) is 9.97 Å². The number of nitrogens with one attached hydrogen (secondary N) is 2. The summed E-state index contributed by atoms with van der Waals surface area (Å²) in [4.78, 5) is 32.2. The second-order valence-electron chi connectivity index (χ2n) is 5.88. The van der Waals surface area contributed by atoms with E-state index in [-0.39, 0.29) is 16.8 Å². The number of para-hydroxylation sites is 1. The molecule has 0 amide bonds. The molecule has 0 saturated carbocycles. The number of anilines is 5. The van der Waals surface area contributed by atoms with Gasteiger partial charge in [0.2, 0.25) is 0 Å². The topological polar surface area (TPSA) is 128 Å². The van der Waals surface area contributed by atoms with E-state index in [1.807, 2.05) is 30.3 Å². The van der Waals surface area contributed by atoms with E-state index < -0.39 is 11.9 Å². The number of nitrogens with two attached hydrogens (primary N) is 1. The number of methoxy groups -OCH3 is 2. The zero-order valence-corrected chi connectivity index (χ0v) is 15.8. The average Bonchev–Trinajstić information content (AvgIpc) is 2.75. The van der Waals surface area contributed by atoms with E-state index in [2.05, 4.69) is 20.6 Å². The van der Waals surface area contributed by atoms with Crippen LogP contribution in [0.4, 0.5) is 28.7 Å². The Balaban J connectivity index is 1.94. The molecule has 0 unspecified atom stereocenters. The van der Waals surface area contributed by atoms with Crippen molar-refractivity contribution >= 4 is 40.6 Å². The Morgan fingerprint density at radius 2 is 1.34 bits per heavy atom. The summed E-state index contributed by atoms with van der Waals surface area (Å²) in [7, 11) is 2.51. The van der Waals surface area contributed by atoms with Crippen LogP contribution in [0.2, 0.25) is 0 Å². The van der Waals surface area contributed by atoms with Crippen LogP contribution in [0.1, 0.15) is 20.7 Å². The van der Waals surface area contributed by atoms with Gasteiger partial charge in [-0.2, -0.15) is 0 Å². The fourth-order valence-electron chi connectivity index (χ4n) is 2.56. The van der Waals surface area contributed by atoms with E-state index in [1.165, 1.54) is 38.7 Å². The van der Waals surface area contributed by atoms with Crippen LogP contribution in [-0.2, 0) is 9.47 Å². The number of nitrogens with zero attached hydrogens (tertiary/aromatic N) is 2. The lowest BCUT2D eigenvalue weighted by atomic mass is 10.1. The zero-order valence-electron chi connectivity index (χ0n) is 15.8. The normalized spacial score (nSPS) is 10.1. The van der Waals surface area contributed by atoms with Crippen LogP contribution in [0.25, 0.3) is 0 Å². The summed E-state index contributed by atoms with van der Waals surface area (Å²) in [6.07, 6.45) is 1.34. The minimum atomic E-state index is -0.596. The van der Waals surface area contributed by atoms with Crippen molar-refractivity contribution in [3.8, 4) is 0 Å². The molecular weight excluding hydrogens is 374 g/mol. The Bertz CT molecular complexity index is 1010. The van der Waals surface area contributed by atoms with E-state index in [9.17, 15) is 9.59 Å². The second-order valence-corrected chi connectivity index (χ2v) is 5.88. The van der Waals surface area contributed by atoms with Gasteiger partial charge in [-0.25, -0.2) is 19.6 Å². The minimum absolute atomic E-state index is 0.174. The molecule has 9 nitrogen and oxygen atoms in total. The highest BCUT2D eigenvalue weighted by molar-refractivity contribution is 5.97. The largest absolute Gasteiger partial charge is 0.465 e. The first-order valence-electron chi connectivity index (χ1n) is 8.53. The molecule has 0 spiro atoms. The highest BCUT2D eigenvalue weighted by Gasteiger charge is 2.15. The Kier molecular flexibility index (Phi) is 5.88. The lowest BCUT2D eigenvalue weighted by Gasteiger charge is -2.14. The lowest BCUT2D eigenvalue weighted by molar-refractivity contribution is 0.0599. The molecule has 0 bridgehead atoms. The van der Waals surface area contributed by atoms with Gasteiger partial charge in [-0.3, -0.25) is 0 Å². The van der Waals surface area contributed by atoms with Crippen molar-refractivity contribution in [1.29, 1.82) is 0 Å². The fraction of sp³-hybridized carbons (Fsp3) is 0.100. The summed E-state index contributed by atoms with van der Waals surface area (Å²) in [5.74, 6) is -0.482. The van der Waals surface area contributed by atoms with Crippen molar-refractivity contribution < 1.29 is 19.1 Å². The highest BCUT2D eigenvalue weighted by Crippen LogP contribution is 2.29. The van der Waals surface area contributed by atoms with E-state index in [4.69, 9.17) is 15.2 Å². The molecule has 0 radical (unpaired) electrons. The first kappa shape index (κ1) is 19.6. The number of carbonyl (C=O) groups excluding carboxylic acids is 2. The SMILES string of the molecule is COC(=O)c1cc(Nc2ncnc(Nc3ccccc3)c2N)cc(C(=O)OC)c1. The van der Waals surface area contributed by atoms with Gasteiger partial charge in [0.15, 0.2) is 11.6 Å². The number of hydrogen-bond donors (Lipinski definition) is 3. The highest BCUT2D eigenvalue weighted by atomic mass is 16.5. The maximum atomic E-state index is 11.9. The molecule has 9 heteroatoms. The Morgan fingerprint density at radius 3 is 1.86 bits per heavy atom. The van der Waals surface area contributed by atoms with Crippen LogP contribution < -0.4 is 16.4 Å². The summed E-state index contributed by atoms with van der Waals surface area (Å²) in [6.45, 7) is 0. The molecule has 1 aromatic heterocycles. The van der Waals surface area contributed by atoms with Crippen molar-refractivity contribution in [2.45, 2.75) is 0 Å². The number of esters is 2. The van der Waals surface area contributed by atoms with E-state index in [0.717, 1.165) is 5.69 Å². The van der Waals surface area contributed by atoms with Gasteiger partial charge in [0.05, 0.1) is 25.3 Å². The van der Waals surface area contributed by atoms with E-state index in [0.29, 0.717) is 17.3 Å². The molecule has 148 valence electrons. The van der Waals surface area contributed by atoms with Crippen molar-refractivity contribution in [2.75, 3.05) is 30.6 Å². The number of ether oxygens (including phenoxy) is 2. The maximum Gasteiger partial charge on any atom is 0.337 e. The van der Waals surface area contributed by atoms with Gasteiger partial charge >= 0.3 is 11.9 Å². The Morgan fingerprint density at radius 1 is 0.828 bits per heavy atom. The first-order chi connectivity index (χ1) is 14.0. The molecular formula is C20H19N5O4. The Hall–Kier alpha value is -4.14. The molecule has 2 aromatic carbocycles. The molecule has 1 heterocycles. The number of carbonyl (C=O) groups is 2. The van der Waals surface area contributed by atoms with E-state index in [1.54, 1.807) is 0 Å². The maximum absolute atomic E-state index is 11.9. The molecule has 0 fully saturated rings. The van der Waals surface area contributed by atoms with Crippen molar-refractivity contribution in [3.05, 3.63) is 66.0 Å². The molecule has 0 atom stereocenters. The predicted octanol–water partition coefficient (Wildman–Crippen LogP) is 3.12.